The number of amides is 3. The Balaban J connectivity index is 2.23. The van der Waals surface area contributed by atoms with Crippen molar-refractivity contribution < 1.29 is 28.7 Å². The predicted octanol–water partition coefficient (Wildman–Crippen LogP) is 4.69. The van der Waals surface area contributed by atoms with Crippen molar-refractivity contribution in [2.45, 2.75) is 96.2 Å². The minimum absolute atomic E-state index is 0.0306. The maximum absolute atomic E-state index is 13.2. The number of aromatic nitrogens is 1. The molecule has 236 valence electrons. The molecule has 1 aliphatic heterocycles. The Bertz CT molecular complexity index is 1200. The van der Waals surface area contributed by atoms with Gasteiger partial charge in [0.15, 0.2) is 5.12 Å². The van der Waals surface area contributed by atoms with Gasteiger partial charge in [-0.2, -0.15) is 0 Å². The summed E-state index contributed by atoms with van der Waals surface area (Å²) in [6.07, 6.45) is 11.0. The predicted molar refractivity (Wildman–Crippen MR) is 170 cm³/mol. The summed E-state index contributed by atoms with van der Waals surface area (Å²) in [5.41, 5.74) is 0.545. The molecule has 3 N–H and O–H groups in total. The molecule has 1 aliphatic rings. The van der Waals surface area contributed by atoms with E-state index in [4.69, 9.17) is 4.74 Å². The molecule has 2 heterocycles. The highest BCUT2D eigenvalue weighted by molar-refractivity contribution is 8.13. The fraction of sp³-hybridized carbons (Fsp3) is 0.548. The first-order valence-electron chi connectivity index (χ1n) is 14.7. The topological polar surface area (TPSA) is 144 Å². The van der Waals surface area contributed by atoms with Crippen LogP contribution in [0.15, 0.2) is 41.0 Å². The maximum Gasteiger partial charge on any atom is 0.329 e. The van der Waals surface area contributed by atoms with E-state index in [1.165, 1.54) is 29.6 Å². The van der Waals surface area contributed by atoms with Crippen LogP contribution >= 0.6 is 23.5 Å². The average Bonchev–Trinajstić information content (AvgIpc) is 2.98. The molecule has 1 aromatic heterocycles. The average molecular weight is 633 g/mol. The third kappa shape index (κ3) is 12.6. The first-order chi connectivity index (χ1) is 20.6. The molecule has 2 atom stereocenters. The Labute approximate surface area is 263 Å². The third-order valence-electron chi connectivity index (χ3n) is 6.59. The van der Waals surface area contributed by atoms with Crippen molar-refractivity contribution in [3.63, 3.8) is 0 Å². The molecule has 0 fully saturated rings. The second kappa shape index (κ2) is 19.2. The Hall–Kier alpha value is -3.12. The van der Waals surface area contributed by atoms with E-state index in [1.54, 1.807) is 45.1 Å². The quantitative estimate of drug-likeness (QED) is 0.104. The Kier molecular flexibility index (Phi) is 16.1. The van der Waals surface area contributed by atoms with Crippen LogP contribution in [0.3, 0.4) is 0 Å². The van der Waals surface area contributed by atoms with Gasteiger partial charge in [0.05, 0.1) is 18.7 Å². The van der Waals surface area contributed by atoms with Crippen LogP contribution in [0.1, 0.15) is 88.8 Å². The van der Waals surface area contributed by atoms with Gasteiger partial charge in [0.1, 0.15) is 23.5 Å². The van der Waals surface area contributed by atoms with E-state index in [1.807, 2.05) is 6.26 Å². The first-order valence-corrected chi connectivity index (χ1v) is 16.9. The van der Waals surface area contributed by atoms with Crippen LogP contribution in [-0.2, 0) is 30.5 Å². The number of rotatable bonds is 11. The van der Waals surface area contributed by atoms with E-state index >= 15 is 0 Å². The van der Waals surface area contributed by atoms with Gasteiger partial charge in [-0.05, 0) is 50.1 Å². The fourth-order valence-corrected chi connectivity index (χ4v) is 5.45. The van der Waals surface area contributed by atoms with Crippen LogP contribution in [0.5, 0.6) is 0 Å². The Morgan fingerprint density at radius 1 is 1.14 bits per heavy atom. The van der Waals surface area contributed by atoms with E-state index in [0.29, 0.717) is 29.2 Å². The molecule has 2 rings (SSSR count). The van der Waals surface area contributed by atoms with Gasteiger partial charge in [-0.15, -0.1) is 11.8 Å². The monoisotopic (exact) mass is 632 g/mol. The van der Waals surface area contributed by atoms with Crippen molar-refractivity contribution in [1.82, 2.24) is 20.9 Å². The number of pyridine rings is 1. The summed E-state index contributed by atoms with van der Waals surface area (Å²) in [7, 11) is 0. The lowest BCUT2D eigenvalue weighted by Crippen LogP contribution is -2.48. The minimum atomic E-state index is -1.03. The van der Waals surface area contributed by atoms with Gasteiger partial charge in [0.2, 0.25) is 5.91 Å². The van der Waals surface area contributed by atoms with Crippen LogP contribution in [0.2, 0.25) is 0 Å². The zero-order chi connectivity index (χ0) is 31.8. The molecule has 0 saturated carbocycles. The minimum Gasteiger partial charge on any atom is -0.456 e. The van der Waals surface area contributed by atoms with Gasteiger partial charge in [-0.25, -0.2) is 9.78 Å². The summed E-state index contributed by atoms with van der Waals surface area (Å²) < 4.78 is 5.71. The van der Waals surface area contributed by atoms with Crippen molar-refractivity contribution >= 4 is 52.3 Å². The molecule has 1 aromatic rings. The second-order valence-corrected chi connectivity index (χ2v) is 12.4. The third-order valence-corrected chi connectivity index (χ3v) is 8.33. The summed E-state index contributed by atoms with van der Waals surface area (Å²) >= 11 is 2.61. The normalized spacial score (nSPS) is 19.7. The zero-order valence-corrected chi connectivity index (χ0v) is 27.3. The Morgan fingerprint density at radius 3 is 2.58 bits per heavy atom. The van der Waals surface area contributed by atoms with E-state index in [-0.39, 0.29) is 41.3 Å². The maximum atomic E-state index is 13.2. The molecule has 10 nitrogen and oxygen atoms in total. The van der Waals surface area contributed by atoms with Crippen LogP contribution in [0.4, 0.5) is 0 Å². The van der Waals surface area contributed by atoms with Crippen LogP contribution in [0.25, 0.3) is 0 Å². The van der Waals surface area contributed by atoms with E-state index in [0.717, 1.165) is 25.7 Å². The molecular formula is C31H44N4O6S2. The second-order valence-electron chi connectivity index (χ2n) is 10.4. The molecule has 0 aromatic carbocycles. The molecule has 43 heavy (non-hydrogen) atoms. The van der Waals surface area contributed by atoms with E-state index in [2.05, 4.69) is 27.9 Å². The molecule has 12 heteroatoms. The molecule has 3 amide bonds. The van der Waals surface area contributed by atoms with Gasteiger partial charge < -0.3 is 20.7 Å². The highest BCUT2D eigenvalue weighted by Crippen LogP contribution is 2.20. The number of ether oxygens (including phenoxy) is 1. The van der Waals surface area contributed by atoms with Crippen LogP contribution in [0, 0.1) is 5.92 Å². The number of allylic oxidation sites excluding steroid dienone is 2. The lowest BCUT2D eigenvalue weighted by atomic mass is 10.0. The number of cyclic esters (lactones) is 1. The lowest BCUT2D eigenvalue weighted by molar-refractivity contribution is -0.153. The van der Waals surface area contributed by atoms with Crippen molar-refractivity contribution in [2.24, 2.45) is 5.92 Å². The number of thioether (sulfide) groups is 2. The van der Waals surface area contributed by atoms with Crippen molar-refractivity contribution in [2.75, 3.05) is 12.0 Å². The molecule has 0 radical (unpaired) electrons. The molecule has 0 aliphatic carbocycles. The summed E-state index contributed by atoms with van der Waals surface area (Å²) in [6.45, 7) is 7.30. The smallest absolute Gasteiger partial charge is 0.329 e. The molecule has 0 saturated heterocycles. The van der Waals surface area contributed by atoms with Gasteiger partial charge in [0.25, 0.3) is 11.8 Å². The van der Waals surface area contributed by atoms with Crippen molar-refractivity contribution in [1.29, 1.82) is 0 Å². The first kappa shape index (κ1) is 36.1. The number of carbonyl (C=O) groups is 5. The number of hydrogen-bond donors (Lipinski definition) is 3. The molecule has 0 unspecified atom stereocenters. The van der Waals surface area contributed by atoms with Crippen molar-refractivity contribution in [3.8, 4) is 0 Å². The standard InChI is InChI=1S/C31H44N4O6S2/c1-6-8-9-10-14-26(37)43-17-12-11-13-22-18-25(36)32-19-21-15-16-24(42-5)28(33-21)30(39)34-23(7-2)29(38)35-27(20(3)4)31(40)41-22/h7,11,13,15-16,20,22,27H,6,8-10,12,14,17-19H2,1-5H3,(H,32,36)(H,34,39)(H,35,38)/b13-11+,23-7-/t22-,27+/m1/s1. The lowest BCUT2D eigenvalue weighted by Gasteiger charge is -2.24. The van der Waals surface area contributed by atoms with Crippen molar-refractivity contribution in [3.05, 3.63) is 47.4 Å². The molecular weight excluding hydrogens is 588 g/mol. The highest BCUT2D eigenvalue weighted by Gasteiger charge is 2.30. The molecule has 0 spiro atoms. The largest absolute Gasteiger partial charge is 0.456 e. The van der Waals surface area contributed by atoms with Crippen LogP contribution < -0.4 is 16.0 Å². The SMILES string of the molecule is C/C=C1\NC(=O)c2nc(ccc2SC)CNC(=O)C[C@@H](/C=C/CCSC(=O)CCCCCC)OC(=O)[C@H](C(C)C)NC1=O. The summed E-state index contributed by atoms with van der Waals surface area (Å²) in [5.74, 6) is -2.08. The molecule has 2 bridgehead atoms. The zero-order valence-electron chi connectivity index (χ0n) is 25.7. The van der Waals surface area contributed by atoms with E-state index in [9.17, 15) is 24.0 Å². The fourth-order valence-electron chi connectivity index (χ4n) is 4.14. The number of esters is 1. The number of nitrogens with one attached hydrogen (secondary N) is 3. The summed E-state index contributed by atoms with van der Waals surface area (Å²) in [6, 6.07) is 2.42. The summed E-state index contributed by atoms with van der Waals surface area (Å²) in [5, 5.41) is 8.20. The van der Waals surface area contributed by atoms with Gasteiger partial charge >= 0.3 is 5.97 Å². The number of unbranched alkanes of at least 4 members (excludes halogenated alkanes) is 3. The number of fused-ring (bicyclic) bond motifs is 2. The number of carbonyl (C=O) groups excluding carboxylic acids is 5. The van der Waals surface area contributed by atoms with Gasteiger partial charge in [-0.3, -0.25) is 19.2 Å². The van der Waals surface area contributed by atoms with Gasteiger partial charge in [0, 0.05) is 17.1 Å². The Morgan fingerprint density at radius 2 is 1.91 bits per heavy atom. The van der Waals surface area contributed by atoms with Crippen LogP contribution in [-0.4, -0.2) is 57.9 Å². The van der Waals surface area contributed by atoms with E-state index < -0.39 is 29.9 Å². The number of nitrogens with zero attached hydrogens (tertiary/aromatic N) is 1. The van der Waals surface area contributed by atoms with Gasteiger partial charge in [-0.1, -0.05) is 63.9 Å². The highest BCUT2D eigenvalue weighted by atomic mass is 32.2. The number of hydrogen-bond acceptors (Lipinski definition) is 9. The summed E-state index contributed by atoms with van der Waals surface area (Å²) in [4.78, 5) is 69.5.